The maximum atomic E-state index is 14.1. The highest BCUT2D eigenvalue weighted by molar-refractivity contribution is 5.99. The highest BCUT2D eigenvalue weighted by atomic mass is 19.1. The third-order valence-corrected chi connectivity index (χ3v) is 4.09. The van der Waals surface area contributed by atoms with Crippen LogP contribution in [0.1, 0.15) is 47.5 Å². The molecule has 0 saturated carbocycles. The zero-order chi connectivity index (χ0) is 15.1. The molecular weight excluding hydrogens is 271 g/mol. The quantitative estimate of drug-likeness (QED) is 0.682. The number of hydrogen-bond donors (Lipinski definition) is 1. The number of aromatic nitrogens is 2. The summed E-state index contributed by atoms with van der Waals surface area (Å²) in [6.45, 7) is 3.95. The number of aliphatic hydroxyl groups excluding tert-OH is 1. The van der Waals surface area contributed by atoms with Crippen molar-refractivity contribution < 1.29 is 14.3 Å². The summed E-state index contributed by atoms with van der Waals surface area (Å²) in [6, 6.07) is 3.33. The van der Waals surface area contributed by atoms with Gasteiger partial charge in [0.1, 0.15) is 0 Å². The van der Waals surface area contributed by atoms with E-state index in [2.05, 4.69) is 4.98 Å². The van der Waals surface area contributed by atoms with Crippen molar-refractivity contribution in [2.24, 2.45) is 0 Å². The largest absolute Gasteiger partial charge is 0.387 e. The number of nitrogens with zero attached hydrogens (tertiary/aromatic N) is 2. The number of rotatable bonds is 2. The Morgan fingerprint density at radius 2 is 2.29 bits per heavy atom. The maximum Gasteiger partial charge on any atom is 0.222 e. The molecule has 0 spiro atoms. The van der Waals surface area contributed by atoms with Gasteiger partial charge in [0.25, 0.3) is 0 Å². The van der Waals surface area contributed by atoms with Crippen molar-refractivity contribution in [3.8, 4) is 11.3 Å². The molecular formula is C16H17FN2O2. The van der Waals surface area contributed by atoms with Crippen LogP contribution >= 0.6 is 0 Å². The molecule has 3 rings (SSSR count). The number of pyridine rings is 1. The molecule has 21 heavy (non-hydrogen) atoms. The van der Waals surface area contributed by atoms with E-state index in [9.17, 15) is 14.3 Å². The molecule has 2 aromatic heterocycles. The molecule has 5 heteroatoms. The molecule has 0 aromatic carbocycles. The Balaban J connectivity index is 2.34. The summed E-state index contributed by atoms with van der Waals surface area (Å²) >= 11 is 0. The predicted octanol–water partition coefficient (Wildman–Crippen LogP) is 3.03. The second kappa shape index (κ2) is 5.07. The van der Waals surface area contributed by atoms with Gasteiger partial charge in [0, 0.05) is 18.3 Å². The van der Waals surface area contributed by atoms with Gasteiger partial charge in [-0.25, -0.2) is 4.98 Å². The third-order valence-electron chi connectivity index (χ3n) is 4.09. The van der Waals surface area contributed by atoms with Gasteiger partial charge in [-0.15, -0.1) is 0 Å². The fraction of sp³-hybridized carbons (Fsp3) is 0.375. The summed E-state index contributed by atoms with van der Waals surface area (Å²) in [7, 11) is 0. The van der Waals surface area contributed by atoms with Crippen LogP contribution in [0.3, 0.4) is 0 Å². The fourth-order valence-corrected chi connectivity index (χ4v) is 3.28. The van der Waals surface area contributed by atoms with Gasteiger partial charge in [-0.3, -0.25) is 4.79 Å². The number of ketones is 1. The zero-order valence-corrected chi connectivity index (χ0v) is 12.1. The summed E-state index contributed by atoms with van der Waals surface area (Å²) in [5, 5.41) is 10.3. The Bertz CT molecular complexity index is 721. The van der Waals surface area contributed by atoms with Crippen LogP contribution in [0.2, 0.25) is 0 Å². The highest BCUT2D eigenvalue weighted by Crippen LogP contribution is 2.39. The van der Waals surface area contributed by atoms with Crippen molar-refractivity contribution in [1.29, 1.82) is 0 Å². The van der Waals surface area contributed by atoms with Crippen LogP contribution in [-0.2, 0) is 6.54 Å². The van der Waals surface area contributed by atoms with Crippen LogP contribution in [0, 0.1) is 12.9 Å². The molecule has 1 unspecified atom stereocenters. The number of aliphatic hydroxyl groups is 1. The van der Waals surface area contributed by atoms with E-state index in [-0.39, 0.29) is 5.78 Å². The molecule has 1 atom stereocenters. The first kappa shape index (κ1) is 13.9. The average molecular weight is 288 g/mol. The molecule has 1 N–H and O–H groups in total. The first-order valence-electron chi connectivity index (χ1n) is 7.05. The van der Waals surface area contributed by atoms with E-state index in [4.69, 9.17) is 0 Å². The molecule has 4 nitrogen and oxygen atoms in total. The standard InChI is InChI=1S/C16H17FN2O2/c1-9-13(10(2)20)15-12(21)6-4-8-19(15)14(9)11-5-3-7-18-16(11)17/h3,5,7,12,21H,4,6,8H2,1-2H3. The van der Waals surface area contributed by atoms with Crippen molar-refractivity contribution in [1.82, 2.24) is 9.55 Å². The molecule has 0 fully saturated rings. The Labute approximate surface area is 122 Å². The number of fused-ring (bicyclic) bond motifs is 1. The Kier molecular flexibility index (Phi) is 3.37. The molecule has 3 heterocycles. The number of halogens is 1. The lowest BCUT2D eigenvalue weighted by Crippen LogP contribution is -2.17. The van der Waals surface area contributed by atoms with Crippen molar-refractivity contribution in [3.63, 3.8) is 0 Å². The minimum Gasteiger partial charge on any atom is -0.387 e. The highest BCUT2D eigenvalue weighted by Gasteiger charge is 2.31. The van der Waals surface area contributed by atoms with Gasteiger partial charge in [0.05, 0.1) is 23.1 Å². The summed E-state index contributed by atoms with van der Waals surface area (Å²) in [5.41, 5.74) is 2.87. The first-order chi connectivity index (χ1) is 10.0. The van der Waals surface area contributed by atoms with Crippen LogP contribution in [0.15, 0.2) is 18.3 Å². The van der Waals surface area contributed by atoms with Gasteiger partial charge in [0.2, 0.25) is 5.95 Å². The van der Waals surface area contributed by atoms with E-state index in [1.54, 1.807) is 19.1 Å². The van der Waals surface area contributed by atoms with Crippen molar-refractivity contribution >= 4 is 5.78 Å². The van der Waals surface area contributed by atoms with Gasteiger partial charge >= 0.3 is 0 Å². The Hall–Kier alpha value is -2.01. The van der Waals surface area contributed by atoms with Crippen LogP contribution in [0.4, 0.5) is 4.39 Å². The fourth-order valence-electron chi connectivity index (χ4n) is 3.28. The van der Waals surface area contributed by atoms with Gasteiger partial charge in [-0.2, -0.15) is 4.39 Å². The molecule has 2 aromatic rings. The summed E-state index contributed by atoms with van der Waals surface area (Å²) in [4.78, 5) is 15.7. The molecule has 0 saturated heterocycles. The van der Waals surface area contributed by atoms with Crippen molar-refractivity contribution in [3.05, 3.63) is 41.1 Å². The van der Waals surface area contributed by atoms with Crippen LogP contribution < -0.4 is 0 Å². The van der Waals surface area contributed by atoms with Crippen LogP contribution in [-0.4, -0.2) is 20.4 Å². The number of carbonyl (C=O) groups excluding carboxylic acids is 1. The van der Waals surface area contributed by atoms with Gasteiger partial charge in [0.15, 0.2) is 5.78 Å². The van der Waals surface area contributed by atoms with E-state index < -0.39 is 12.1 Å². The molecule has 0 bridgehead atoms. The minimum atomic E-state index is -0.676. The monoisotopic (exact) mass is 288 g/mol. The van der Waals surface area contributed by atoms with Gasteiger partial charge in [-0.05, 0) is 44.4 Å². The molecule has 1 aliphatic rings. The van der Waals surface area contributed by atoms with Gasteiger partial charge < -0.3 is 9.67 Å². The smallest absolute Gasteiger partial charge is 0.222 e. The number of hydrogen-bond acceptors (Lipinski definition) is 3. The van der Waals surface area contributed by atoms with E-state index in [1.165, 1.54) is 13.1 Å². The molecule has 110 valence electrons. The average Bonchev–Trinajstić information content (AvgIpc) is 2.73. The summed E-state index contributed by atoms with van der Waals surface area (Å²) in [6.07, 6.45) is 2.15. The van der Waals surface area contributed by atoms with E-state index in [0.717, 1.165) is 6.42 Å². The van der Waals surface area contributed by atoms with E-state index in [1.807, 2.05) is 4.57 Å². The lowest BCUT2D eigenvalue weighted by atomic mass is 9.99. The molecule has 1 aliphatic heterocycles. The minimum absolute atomic E-state index is 0.104. The predicted molar refractivity (Wildman–Crippen MR) is 76.6 cm³/mol. The van der Waals surface area contributed by atoms with E-state index >= 15 is 0 Å². The normalized spacial score (nSPS) is 17.6. The zero-order valence-electron chi connectivity index (χ0n) is 12.1. The second-order valence-corrected chi connectivity index (χ2v) is 5.44. The number of carbonyl (C=O) groups is 1. The van der Waals surface area contributed by atoms with E-state index in [0.29, 0.717) is 41.0 Å². The molecule has 0 aliphatic carbocycles. The summed E-state index contributed by atoms with van der Waals surface area (Å²) in [5.74, 6) is -0.663. The third kappa shape index (κ3) is 2.08. The second-order valence-electron chi connectivity index (χ2n) is 5.44. The Morgan fingerprint density at radius 3 is 2.95 bits per heavy atom. The lowest BCUT2D eigenvalue weighted by Gasteiger charge is -2.23. The number of Topliss-reactive ketones (excluding diaryl/α,β-unsaturated/α-hetero) is 1. The van der Waals surface area contributed by atoms with Gasteiger partial charge in [-0.1, -0.05) is 0 Å². The SMILES string of the molecule is CC(=O)c1c(C)c(-c2cccnc2F)n2c1C(O)CCC2. The molecule has 0 radical (unpaired) electrons. The topological polar surface area (TPSA) is 55.1 Å². The summed E-state index contributed by atoms with van der Waals surface area (Å²) < 4.78 is 15.9. The first-order valence-corrected chi connectivity index (χ1v) is 7.05. The van der Waals surface area contributed by atoms with Crippen molar-refractivity contribution in [2.45, 2.75) is 39.3 Å². The maximum absolute atomic E-state index is 14.1. The lowest BCUT2D eigenvalue weighted by molar-refractivity contribution is 0.0995. The molecule has 0 amide bonds. The van der Waals surface area contributed by atoms with Crippen molar-refractivity contribution in [2.75, 3.05) is 0 Å². The van der Waals surface area contributed by atoms with Crippen LogP contribution in [0.5, 0.6) is 0 Å². The van der Waals surface area contributed by atoms with Crippen LogP contribution in [0.25, 0.3) is 11.3 Å². The Morgan fingerprint density at radius 1 is 1.52 bits per heavy atom.